The molecule has 2 aromatic carbocycles. The number of ether oxygens (including phenoxy) is 2. The van der Waals surface area contributed by atoms with Crippen LogP contribution in [-0.4, -0.2) is 30.5 Å². The first-order valence-electron chi connectivity index (χ1n) is 8.28. The fourth-order valence-electron chi connectivity index (χ4n) is 2.88. The SMILES string of the molecule is COc1ccc(C2=NO[C@H](COc3ccc(Cl)c4cccnc34)C2)cc1. The van der Waals surface area contributed by atoms with E-state index in [-0.39, 0.29) is 6.10 Å². The minimum atomic E-state index is -0.137. The molecular weight excluding hydrogens is 352 g/mol. The van der Waals surface area contributed by atoms with Gasteiger partial charge in [-0.05, 0) is 54.1 Å². The van der Waals surface area contributed by atoms with E-state index in [9.17, 15) is 0 Å². The average molecular weight is 369 g/mol. The van der Waals surface area contributed by atoms with E-state index < -0.39 is 0 Å². The van der Waals surface area contributed by atoms with Gasteiger partial charge in [0.1, 0.15) is 23.6 Å². The maximum Gasteiger partial charge on any atom is 0.167 e. The van der Waals surface area contributed by atoms with E-state index in [1.165, 1.54) is 0 Å². The Kier molecular flexibility index (Phi) is 4.63. The van der Waals surface area contributed by atoms with Crippen molar-refractivity contribution in [1.82, 2.24) is 4.98 Å². The van der Waals surface area contributed by atoms with Crippen LogP contribution in [0.3, 0.4) is 0 Å². The molecule has 3 aromatic rings. The predicted molar refractivity (Wildman–Crippen MR) is 101 cm³/mol. The van der Waals surface area contributed by atoms with E-state index in [2.05, 4.69) is 10.1 Å². The van der Waals surface area contributed by atoms with Gasteiger partial charge < -0.3 is 14.3 Å². The van der Waals surface area contributed by atoms with Crippen molar-refractivity contribution < 1.29 is 14.3 Å². The number of halogens is 1. The second-order valence-corrected chi connectivity index (χ2v) is 6.36. The van der Waals surface area contributed by atoms with Crippen LogP contribution < -0.4 is 9.47 Å². The highest BCUT2D eigenvalue weighted by Gasteiger charge is 2.23. The molecule has 1 atom stereocenters. The van der Waals surface area contributed by atoms with Gasteiger partial charge in [-0.3, -0.25) is 4.98 Å². The van der Waals surface area contributed by atoms with Gasteiger partial charge in [-0.1, -0.05) is 16.8 Å². The van der Waals surface area contributed by atoms with E-state index in [4.69, 9.17) is 25.9 Å². The maximum absolute atomic E-state index is 6.22. The normalized spacial score (nSPS) is 16.2. The molecule has 2 heterocycles. The fourth-order valence-corrected chi connectivity index (χ4v) is 3.10. The van der Waals surface area contributed by atoms with Crippen LogP contribution in [0.5, 0.6) is 11.5 Å². The smallest absolute Gasteiger partial charge is 0.167 e. The Morgan fingerprint density at radius 2 is 2.00 bits per heavy atom. The number of rotatable bonds is 5. The third-order valence-electron chi connectivity index (χ3n) is 4.26. The van der Waals surface area contributed by atoms with Gasteiger partial charge in [0.25, 0.3) is 0 Å². The minimum Gasteiger partial charge on any atom is -0.497 e. The third-order valence-corrected chi connectivity index (χ3v) is 4.59. The number of fused-ring (bicyclic) bond motifs is 1. The number of benzene rings is 2. The van der Waals surface area contributed by atoms with Crippen LogP contribution in [-0.2, 0) is 4.84 Å². The molecule has 0 saturated carbocycles. The van der Waals surface area contributed by atoms with Crippen LogP contribution >= 0.6 is 11.6 Å². The first kappa shape index (κ1) is 16.7. The van der Waals surface area contributed by atoms with E-state index in [0.29, 0.717) is 23.8 Å². The average Bonchev–Trinajstić information content (AvgIpc) is 3.17. The number of methoxy groups -OCH3 is 1. The molecule has 0 spiro atoms. The second kappa shape index (κ2) is 7.22. The fraction of sp³-hybridized carbons (Fsp3) is 0.200. The lowest BCUT2D eigenvalue weighted by molar-refractivity contribution is 0.0475. The highest BCUT2D eigenvalue weighted by molar-refractivity contribution is 6.35. The largest absolute Gasteiger partial charge is 0.497 e. The molecule has 0 radical (unpaired) electrons. The molecule has 0 aliphatic carbocycles. The highest BCUT2D eigenvalue weighted by Crippen LogP contribution is 2.30. The van der Waals surface area contributed by atoms with Crippen molar-refractivity contribution in [3.8, 4) is 11.5 Å². The van der Waals surface area contributed by atoms with E-state index >= 15 is 0 Å². The first-order valence-corrected chi connectivity index (χ1v) is 8.65. The molecule has 0 bridgehead atoms. The summed E-state index contributed by atoms with van der Waals surface area (Å²) in [4.78, 5) is 9.89. The van der Waals surface area contributed by atoms with Crippen LogP contribution in [0.2, 0.25) is 5.02 Å². The zero-order chi connectivity index (χ0) is 17.9. The number of oxime groups is 1. The van der Waals surface area contributed by atoms with Gasteiger partial charge in [0.05, 0.1) is 17.8 Å². The summed E-state index contributed by atoms with van der Waals surface area (Å²) < 4.78 is 11.1. The monoisotopic (exact) mass is 368 g/mol. The molecule has 132 valence electrons. The maximum atomic E-state index is 6.22. The summed E-state index contributed by atoms with van der Waals surface area (Å²) in [5, 5.41) is 5.72. The summed E-state index contributed by atoms with van der Waals surface area (Å²) in [7, 11) is 1.65. The standard InChI is InChI=1S/C20H17ClN2O3/c1-24-14-6-4-13(5-7-14)18-11-15(26-23-18)12-25-19-9-8-17(21)16-3-2-10-22-20(16)19/h2-10,15H,11-12H2,1H3/t15-/m0/s1. The molecule has 0 N–H and O–H groups in total. The molecule has 4 rings (SSSR count). The molecule has 1 aliphatic rings. The summed E-state index contributed by atoms with van der Waals surface area (Å²) in [5.41, 5.74) is 2.67. The highest BCUT2D eigenvalue weighted by atomic mass is 35.5. The molecule has 6 heteroatoms. The van der Waals surface area contributed by atoms with Gasteiger partial charge in [0.2, 0.25) is 0 Å². The van der Waals surface area contributed by atoms with Gasteiger partial charge in [0, 0.05) is 18.0 Å². The Labute approximate surface area is 156 Å². The van der Waals surface area contributed by atoms with Crippen LogP contribution in [0.4, 0.5) is 0 Å². The Morgan fingerprint density at radius 3 is 2.81 bits per heavy atom. The number of pyridine rings is 1. The van der Waals surface area contributed by atoms with Crippen molar-refractivity contribution in [3.05, 3.63) is 65.3 Å². The van der Waals surface area contributed by atoms with E-state index in [0.717, 1.165) is 27.9 Å². The second-order valence-electron chi connectivity index (χ2n) is 5.95. The Bertz CT molecular complexity index is 957. The molecule has 0 unspecified atom stereocenters. The van der Waals surface area contributed by atoms with E-state index in [1.54, 1.807) is 13.3 Å². The van der Waals surface area contributed by atoms with Crippen molar-refractivity contribution in [1.29, 1.82) is 0 Å². The summed E-state index contributed by atoms with van der Waals surface area (Å²) in [6.07, 6.45) is 2.27. The van der Waals surface area contributed by atoms with Crippen molar-refractivity contribution >= 4 is 28.2 Å². The third kappa shape index (κ3) is 3.30. The van der Waals surface area contributed by atoms with Crippen LogP contribution in [0.15, 0.2) is 59.9 Å². The van der Waals surface area contributed by atoms with E-state index in [1.807, 2.05) is 48.5 Å². The van der Waals surface area contributed by atoms with Crippen LogP contribution in [0, 0.1) is 0 Å². The summed E-state index contributed by atoms with van der Waals surface area (Å²) in [5.74, 6) is 1.50. The number of nitrogens with zero attached hydrogens (tertiary/aromatic N) is 2. The lowest BCUT2D eigenvalue weighted by atomic mass is 10.1. The number of aromatic nitrogens is 1. The molecule has 1 aliphatic heterocycles. The molecule has 5 nitrogen and oxygen atoms in total. The van der Waals surface area contributed by atoms with Crippen molar-refractivity contribution in [2.45, 2.75) is 12.5 Å². The van der Waals surface area contributed by atoms with Gasteiger partial charge in [-0.25, -0.2) is 0 Å². The molecule has 1 aromatic heterocycles. The van der Waals surface area contributed by atoms with Crippen LogP contribution in [0.25, 0.3) is 10.9 Å². The van der Waals surface area contributed by atoms with Gasteiger partial charge in [0.15, 0.2) is 6.10 Å². The van der Waals surface area contributed by atoms with Crippen molar-refractivity contribution in [2.75, 3.05) is 13.7 Å². The lowest BCUT2D eigenvalue weighted by Gasteiger charge is -2.12. The minimum absolute atomic E-state index is 0.137. The summed E-state index contributed by atoms with van der Waals surface area (Å²) in [6, 6.07) is 15.2. The van der Waals surface area contributed by atoms with Crippen molar-refractivity contribution in [2.24, 2.45) is 5.16 Å². The summed E-state index contributed by atoms with van der Waals surface area (Å²) in [6.45, 7) is 0.385. The Morgan fingerprint density at radius 1 is 1.15 bits per heavy atom. The molecule has 0 fully saturated rings. The molecule has 0 amide bonds. The Balaban J connectivity index is 1.42. The molecule has 0 saturated heterocycles. The summed E-state index contributed by atoms with van der Waals surface area (Å²) >= 11 is 6.22. The Hall–Kier alpha value is -2.79. The number of hydrogen-bond acceptors (Lipinski definition) is 5. The van der Waals surface area contributed by atoms with Gasteiger partial charge in [-0.2, -0.15) is 0 Å². The quantitative estimate of drug-likeness (QED) is 0.666. The lowest BCUT2D eigenvalue weighted by Crippen LogP contribution is -2.18. The number of hydrogen-bond donors (Lipinski definition) is 0. The topological polar surface area (TPSA) is 52.9 Å². The van der Waals surface area contributed by atoms with Crippen LogP contribution in [0.1, 0.15) is 12.0 Å². The molecular formula is C20H17ClN2O3. The zero-order valence-electron chi connectivity index (χ0n) is 14.2. The zero-order valence-corrected chi connectivity index (χ0v) is 14.9. The molecule has 26 heavy (non-hydrogen) atoms. The first-order chi connectivity index (χ1) is 12.7. The van der Waals surface area contributed by atoms with Crippen molar-refractivity contribution in [3.63, 3.8) is 0 Å². The van der Waals surface area contributed by atoms with Gasteiger partial charge in [-0.15, -0.1) is 0 Å². The predicted octanol–water partition coefficient (Wildman–Crippen LogP) is 4.47. The van der Waals surface area contributed by atoms with Gasteiger partial charge >= 0.3 is 0 Å².